The number of hydrogen-bond donors (Lipinski definition) is 1. The van der Waals surface area contributed by atoms with Gasteiger partial charge in [0.15, 0.2) is 0 Å². The highest BCUT2D eigenvalue weighted by molar-refractivity contribution is 5.84. The van der Waals surface area contributed by atoms with Gasteiger partial charge in [-0.1, -0.05) is 26.7 Å². The maximum absolute atomic E-state index is 12.2. The van der Waals surface area contributed by atoms with Crippen LogP contribution < -0.4 is 5.32 Å². The number of rotatable bonds is 6. The fourth-order valence-corrected chi connectivity index (χ4v) is 2.21. The van der Waals surface area contributed by atoms with E-state index in [0.29, 0.717) is 12.8 Å². The van der Waals surface area contributed by atoms with Crippen LogP contribution in [-0.4, -0.2) is 35.7 Å². The summed E-state index contributed by atoms with van der Waals surface area (Å²) in [5, 5.41) is 3.12. The predicted octanol–water partition coefficient (Wildman–Crippen LogP) is 2.67. The average Bonchev–Trinajstić information content (AvgIpc) is 2.59. The second kappa shape index (κ2) is 6.41. The van der Waals surface area contributed by atoms with Crippen molar-refractivity contribution in [3.05, 3.63) is 0 Å². The van der Waals surface area contributed by atoms with Crippen molar-refractivity contribution in [3.63, 3.8) is 0 Å². The summed E-state index contributed by atoms with van der Waals surface area (Å²) in [7, 11) is 0. The Morgan fingerprint density at radius 1 is 1.33 bits per heavy atom. The minimum Gasteiger partial charge on any atom is -0.325 e. The molecule has 0 radical (unpaired) electrons. The van der Waals surface area contributed by atoms with Gasteiger partial charge in [0.2, 0.25) is 5.91 Å². The van der Waals surface area contributed by atoms with E-state index in [9.17, 15) is 18.0 Å². The van der Waals surface area contributed by atoms with Gasteiger partial charge in [0.1, 0.15) is 0 Å². The van der Waals surface area contributed by atoms with Crippen molar-refractivity contribution in [2.75, 3.05) is 6.54 Å². The van der Waals surface area contributed by atoms with E-state index in [1.807, 2.05) is 13.8 Å². The van der Waals surface area contributed by atoms with Gasteiger partial charge in [-0.05, 0) is 12.8 Å². The van der Waals surface area contributed by atoms with Crippen molar-refractivity contribution in [2.45, 2.75) is 64.3 Å². The Hall–Kier alpha value is -0.780. The Morgan fingerprint density at radius 2 is 2.00 bits per heavy atom. The molecule has 0 aliphatic carbocycles. The second-order valence-electron chi connectivity index (χ2n) is 4.68. The second-order valence-corrected chi connectivity index (χ2v) is 4.68. The summed E-state index contributed by atoms with van der Waals surface area (Å²) in [6, 6.07) is -0.303. The maximum atomic E-state index is 12.2. The first-order chi connectivity index (χ1) is 8.39. The summed E-state index contributed by atoms with van der Waals surface area (Å²) in [6.07, 6.45) is -2.17. The molecule has 0 saturated carbocycles. The number of alkyl halides is 3. The van der Waals surface area contributed by atoms with Gasteiger partial charge in [0, 0.05) is 6.54 Å². The van der Waals surface area contributed by atoms with Gasteiger partial charge < -0.3 is 4.90 Å². The molecule has 1 rings (SSSR count). The van der Waals surface area contributed by atoms with E-state index in [1.54, 1.807) is 0 Å². The summed E-state index contributed by atoms with van der Waals surface area (Å²) in [6.45, 7) is 3.66. The van der Waals surface area contributed by atoms with Crippen LogP contribution in [0.15, 0.2) is 0 Å². The van der Waals surface area contributed by atoms with Gasteiger partial charge in [0.05, 0.1) is 18.6 Å². The third-order valence-corrected chi connectivity index (χ3v) is 3.22. The van der Waals surface area contributed by atoms with Gasteiger partial charge in [-0.3, -0.25) is 10.1 Å². The molecule has 1 aliphatic rings. The average molecular weight is 266 g/mol. The number of carbonyl (C=O) groups is 1. The highest BCUT2D eigenvalue weighted by atomic mass is 19.4. The Bertz CT molecular complexity index is 281. The summed E-state index contributed by atoms with van der Waals surface area (Å²) in [5.74, 6) is -0.181. The molecule has 0 spiro atoms. The van der Waals surface area contributed by atoms with Crippen LogP contribution in [0, 0.1) is 0 Å². The third kappa shape index (κ3) is 4.15. The number of nitrogens with zero attached hydrogens (tertiary/aromatic N) is 1. The summed E-state index contributed by atoms with van der Waals surface area (Å²) in [4.78, 5) is 13.3. The van der Waals surface area contributed by atoms with Crippen molar-refractivity contribution < 1.29 is 18.0 Å². The molecule has 0 aromatic carbocycles. The van der Waals surface area contributed by atoms with Gasteiger partial charge in [-0.15, -0.1) is 0 Å². The van der Waals surface area contributed by atoms with E-state index in [2.05, 4.69) is 5.32 Å². The lowest BCUT2D eigenvalue weighted by Crippen LogP contribution is -2.38. The fraction of sp³-hybridized carbons (Fsp3) is 0.917. The lowest BCUT2D eigenvalue weighted by Gasteiger charge is -2.23. The lowest BCUT2D eigenvalue weighted by atomic mass is 10.1. The normalized spacial score (nSPS) is 24.9. The quantitative estimate of drug-likeness (QED) is 0.801. The molecule has 1 fully saturated rings. The zero-order valence-electron chi connectivity index (χ0n) is 10.9. The summed E-state index contributed by atoms with van der Waals surface area (Å²) >= 11 is 0. The van der Waals surface area contributed by atoms with Crippen LogP contribution in [0.25, 0.3) is 0 Å². The van der Waals surface area contributed by atoms with E-state index < -0.39 is 12.6 Å². The van der Waals surface area contributed by atoms with Crippen LogP contribution in [-0.2, 0) is 4.79 Å². The Morgan fingerprint density at radius 3 is 2.50 bits per heavy atom. The topological polar surface area (TPSA) is 32.3 Å². The van der Waals surface area contributed by atoms with Crippen molar-refractivity contribution in [1.29, 1.82) is 0 Å². The summed E-state index contributed by atoms with van der Waals surface area (Å²) < 4.78 is 36.6. The first-order valence-electron chi connectivity index (χ1n) is 6.52. The molecule has 0 aromatic rings. The number of hydrogen-bond acceptors (Lipinski definition) is 2. The number of halogens is 3. The predicted molar refractivity (Wildman–Crippen MR) is 62.9 cm³/mol. The molecule has 1 N–H and O–H groups in total. The first kappa shape index (κ1) is 15.3. The van der Waals surface area contributed by atoms with Gasteiger partial charge in [0.25, 0.3) is 0 Å². The lowest BCUT2D eigenvalue weighted by molar-refractivity contribution is -0.145. The zero-order chi connectivity index (χ0) is 13.8. The van der Waals surface area contributed by atoms with Gasteiger partial charge >= 0.3 is 6.18 Å². The van der Waals surface area contributed by atoms with E-state index >= 15 is 0 Å². The van der Waals surface area contributed by atoms with E-state index in [1.165, 1.54) is 4.90 Å². The monoisotopic (exact) mass is 266 g/mol. The first-order valence-corrected chi connectivity index (χ1v) is 6.52. The molecule has 1 aliphatic heterocycles. The standard InChI is InChI=1S/C12H21F3N2O/c1-3-5-6-9-11(18)17(10(4-2)16-9)8-7-12(13,14)15/h9-10,16H,3-8H2,1-2H3. The van der Waals surface area contributed by atoms with Crippen molar-refractivity contribution in [1.82, 2.24) is 10.2 Å². The number of amides is 1. The molecule has 2 atom stereocenters. The smallest absolute Gasteiger partial charge is 0.325 e. The van der Waals surface area contributed by atoms with Crippen LogP contribution >= 0.6 is 0 Å². The molecule has 18 heavy (non-hydrogen) atoms. The largest absolute Gasteiger partial charge is 0.390 e. The molecule has 1 amide bonds. The van der Waals surface area contributed by atoms with E-state index in [4.69, 9.17) is 0 Å². The molecule has 2 unspecified atom stereocenters. The fourth-order valence-electron chi connectivity index (χ4n) is 2.21. The minimum atomic E-state index is -4.21. The molecular weight excluding hydrogens is 245 g/mol. The SMILES string of the molecule is CCCCC1NC(CC)N(CCC(F)(F)F)C1=O. The summed E-state index contributed by atoms with van der Waals surface area (Å²) in [5.41, 5.74) is 0. The molecule has 0 aromatic heterocycles. The Balaban J connectivity index is 2.56. The molecule has 1 heterocycles. The number of carbonyl (C=O) groups excluding carboxylic acids is 1. The molecule has 6 heteroatoms. The van der Waals surface area contributed by atoms with Crippen LogP contribution in [0.3, 0.4) is 0 Å². The van der Waals surface area contributed by atoms with Gasteiger partial charge in [-0.25, -0.2) is 0 Å². The molecular formula is C12H21F3N2O. The van der Waals surface area contributed by atoms with Crippen molar-refractivity contribution >= 4 is 5.91 Å². The molecule has 3 nitrogen and oxygen atoms in total. The van der Waals surface area contributed by atoms with Gasteiger partial charge in [-0.2, -0.15) is 13.2 Å². The molecule has 0 bridgehead atoms. The highest BCUT2D eigenvalue weighted by Gasteiger charge is 2.39. The van der Waals surface area contributed by atoms with Crippen LogP contribution in [0.4, 0.5) is 13.2 Å². The number of nitrogens with one attached hydrogen (secondary N) is 1. The Kier molecular flexibility index (Phi) is 5.44. The van der Waals surface area contributed by atoms with Crippen LogP contribution in [0.5, 0.6) is 0 Å². The van der Waals surface area contributed by atoms with Crippen molar-refractivity contribution in [2.24, 2.45) is 0 Å². The number of unbranched alkanes of at least 4 members (excludes halogenated alkanes) is 1. The van der Waals surface area contributed by atoms with E-state index in [-0.39, 0.29) is 24.7 Å². The third-order valence-electron chi connectivity index (χ3n) is 3.22. The van der Waals surface area contributed by atoms with Crippen molar-refractivity contribution in [3.8, 4) is 0 Å². The molecule has 106 valence electrons. The van der Waals surface area contributed by atoms with Crippen LogP contribution in [0.2, 0.25) is 0 Å². The Labute approximate surface area is 106 Å². The highest BCUT2D eigenvalue weighted by Crippen LogP contribution is 2.23. The molecule has 1 saturated heterocycles. The zero-order valence-corrected chi connectivity index (χ0v) is 10.9. The van der Waals surface area contributed by atoms with Crippen LogP contribution in [0.1, 0.15) is 46.0 Å². The maximum Gasteiger partial charge on any atom is 0.390 e. The minimum absolute atomic E-state index is 0.181. The van der Waals surface area contributed by atoms with E-state index in [0.717, 1.165) is 12.8 Å².